The molecule has 3 nitrogen and oxygen atoms in total. The van der Waals surface area contributed by atoms with Gasteiger partial charge in [0.1, 0.15) is 6.10 Å². The Bertz CT molecular complexity index is 619. The molecule has 0 unspecified atom stereocenters. The van der Waals surface area contributed by atoms with Crippen LogP contribution in [-0.2, 0) is 4.52 Å². The van der Waals surface area contributed by atoms with Crippen molar-refractivity contribution < 1.29 is 14.3 Å². The standard InChI is InChI=1S/C19H23O3P/c1-11-7-13(3)17(14(4)8-11)19(22-23(20)21)18-15(5)9-12(2)10-16(18)6/h7-10,19H,1-6H3/q-2. The minimum Gasteiger partial charge on any atom is -0.820 e. The van der Waals surface area contributed by atoms with E-state index in [-0.39, 0.29) is 0 Å². The van der Waals surface area contributed by atoms with Gasteiger partial charge >= 0.3 is 0 Å². The average molecular weight is 330 g/mol. The van der Waals surface area contributed by atoms with Crippen molar-refractivity contribution in [3.8, 4) is 0 Å². The normalized spacial score (nSPS) is 11.6. The van der Waals surface area contributed by atoms with Gasteiger partial charge in [0.2, 0.25) is 0 Å². The van der Waals surface area contributed by atoms with E-state index < -0.39 is 14.7 Å². The molecule has 0 aliphatic heterocycles. The first-order valence-electron chi connectivity index (χ1n) is 7.67. The van der Waals surface area contributed by atoms with Crippen molar-refractivity contribution in [3.63, 3.8) is 0 Å². The van der Waals surface area contributed by atoms with Crippen molar-refractivity contribution in [3.05, 3.63) is 68.8 Å². The molecule has 0 fully saturated rings. The molecule has 2 aromatic rings. The molecule has 4 heteroatoms. The van der Waals surface area contributed by atoms with E-state index in [0.717, 1.165) is 44.5 Å². The molecule has 0 atom stereocenters. The smallest absolute Gasteiger partial charge is 0.110 e. The van der Waals surface area contributed by atoms with Crippen molar-refractivity contribution in [1.82, 2.24) is 0 Å². The highest BCUT2D eigenvalue weighted by Crippen LogP contribution is 2.40. The van der Waals surface area contributed by atoms with Crippen LogP contribution in [0.3, 0.4) is 0 Å². The van der Waals surface area contributed by atoms with E-state index in [9.17, 15) is 9.79 Å². The first-order chi connectivity index (χ1) is 10.7. The van der Waals surface area contributed by atoms with Crippen LogP contribution in [0.25, 0.3) is 0 Å². The Labute approximate surface area is 140 Å². The van der Waals surface area contributed by atoms with Crippen LogP contribution >= 0.6 is 8.60 Å². The Balaban J connectivity index is 2.69. The van der Waals surface area contributed by atoms with Crippen molar-refractivity contribution in [2.45, 2.75) is 47.6 Å². The molecule has 0 aromatic heterocycles. The molecular formula is C19H23O3P-2. The zero-order chi connectivity index (χ0) is 17.3. The van der Waals surface area contributed by atoms with Crippen LogP contribution in [0.5, 0.6) is 0 Å². The van der Waals surface area contributed by atoms with Crippen molar-refractivity contribution in [2.75, 3.05) is 0 Å². The molecule has 2 rings (SSSR count). The maximum atomic E-state index is 11.4. The SMILES string of the molecule is Cc1cc(C)c(C(OP([O-])[O-])c2c(C)cc(C)cc2C)c(C)c1. The van der Waals surface area contributed by atoms with Gasteiger partial charge in [0, 0.05) is 0 Å². The molecule has 23 heavy (non-hydrogen) atoms. The fourth-order valence-electron chi connectivity index (χ4n) is 3.55. The van der Waals surface area contributed by atoms with Crippen LogP contribution in [0, 0.1) is 41.5 Å². The summed E-state index contributed by atoms with van der Waals surface area (Å²) < 4.78 is 5.38. The van der Waals surface area contributed by atoms with E-state index in [0.29, 0.717) is 0 Å². The molecule has 2 aromatic carbocycles. The molecule has 0 N–H and O–H groups in total. The van der Waals surface area contributed by atoms with Crippen molar-refractivity contribution in [1.29, 1.82) is 0 Å². The summed E-state index contributed by atoms with van der Waals surface area (Å²) in [7, 11) is -2.95. The van der Waals surface area contributed by atoms with Crippen LogP contribution in [0.4, 0.5) is 0 Å². The Hall–Kier alpha value is -1.25. The van der Waals surface area contributed by atoms with Gasteiger partial charge in [-0.05, 0) is 74.9 Å². The second-order valence-corrected chi connectivity index (χ2v) is 6.99. The highest BCUT2D eigenvalue weighted by Gasteiger charge is 2.22. The summed E-state index contributed by atoms with van der Waals surface area (Å²) >= 11 is 0. The summed E-state index contributed by atoms with van der Waals surface area (Å²) in [5.74, 6) is 0. The average Bonchev–Trinajstić information content (AvgIpc) is 2.34. The minimum absolute atomic E-state index is 0.600. The van der Waals surface area contributed by atoms with Crippen LogP contribution in [0.15, 0.2) is 24.3 Å². The minimum atomic E-state index is -2.95. The lowest BCUT2D eigenvalue weighted by Gasteiger charge is -2.37. The van der Waals surface area contributed by atoms with Crippen molar-refractivity contribution in [2.24, 2.45) is 0 Å². The summed E-state index contributed by atoms with van der Waals surface area (Å²) in [5, 5.41) is 0. The van der Waals surface area contributed by atoms with Gasteiger partial charge in [-0.2, -0.15) is 8.60 Å². The highest BCUT2D eigenvalue weighted by molar-refractivity contribution is 7.36. The van der Waals surface area contributed by atoms with Gasteiger partial charge in [-0.15, -0.1) is 0 Å². The Morgan fingerprint density at radius 2 is 1.00 bits per heavy atom. The number of benzene rings is 2. The second kappa shape index (κ2) is 7.11. The zero-order valence-electron chi connectivity index (χ0n) is 14.6. The summed E-state index contributed by atoms with van der Waals surface area (Å²) in [6, 6.07) is 8.26. The van der Waals surface area contributed by atoms with Crippen molar-refractivity contribution >= 4 is 8.60 Å². The molecule has 0 amide bonds. The molecule has 0 radical (unpaired) electrons. The van der Waals surface area contributed by atoms with E-state index >= 15 is 0 Å². The number of rotatable bonds is 4. The predicted molar refractivity (Wildman–Crippen MR) is 91.2 cm³/mol. The molecule has 0 bridgehead atoms. The zero-order valence-corrected chi connectivity index (χ0v) is 15.5. The van der Waals surface area contributed by atoms with Gasteiger partial charge in [0.05, 0.1) is 0 Å². The molecule has 0 saturated carbocycles. The molecule has 0 aliphatic carbocycles. The van der Waals surface area contributed by atoms with E-state index in [1.807, 2.05) is 41.5 Å². The lowest BCUT2D eigenvalue weighted by atomic mass is 9.87. The van der Waals surface area contributed by atoms with Gasteiger partial charge in [-0.1, -0.05) is 35.4 Å². The van der Waals surface area contributed by atoms with E-state index in [2.05, 4.69) is 24.3 Å². The van der Waals surface area contributed by atoms with Gasteiger partial charge in [-0.25, -0.2) is 0 Å². The molecule has 0 saturated heterocycles. The number of aryl methyl sites for hydroxylation is 6. The maximum absolute atomic E-state index is 11.4. The fourth-order valence-corrected chi connectivity index (χ4v) is 3.93. The lowest BCUT2D eigenvalue weighted by Crippen LogP contribution is -2.18. The Morgan fingerprint density at radius 1 is 0.696 bits per heavy atom. The maximum Gasteiger partial charge on any atom is 0.110 e. The second-order valence-electron chi connectivity index (χ2n) is 6.33. The number of hydrogen-bond acceptors (Lipinski definition) is 3. The van der Waals surface area contributed by atoms with Gasteiger partial charge < -0.3 is 14.3 Å². The van der Waals surface area contributed by atoms with E-state index in [1.165, 1.54) is 0 Å². The van der Waals surface area contributed by atoms with Crippen LogP contribution < -0.4 is 9.79 Å². The van der Waals surface area contributed by atoms with Crippen LogP contribution in [-0.4, -0.2) is 0 Å². The Morgan fingerprint density at radius 3 is 1.26 bits per heavy atom. The summed E-state index contributed by atoms with van der Waals surface area (Å²) in [5.41, 5.74) is 8.37. The molecule has 0 heterocycles. The van der Waals surface area contributed by atoms with Gasteiger partial charge in [0.25, 0.3) is 0 Å². The third kappa shape index (κ3) is 3.99. The monoisotopic (exact) mass is 330 g/mol. The van der Waals surface area contributed by atoms with Gasteiger partial charge in [0.15, 0.2) is 0 Å². The highest BCUT2D eigenvalue weighted by atomic mass is 31.2. The topological polar surface area (TPSA) is 55.3 Å². The first-order valence-corrected chi connectivity index (χ1v) is 8.77. The van der Waals surface area contributed by atoms with Gasteiger partial charge in [-0.3, -0.25) is 0 Å². The largest absolute Gasteiger partial charge is 0.820 e. The summed E-state index contributed by atoms with van der Waals surface area (Å²) in [6.07, 6.45) is -0.600. The quantitative estimate of drug-likeness (QED) is 0.805. The third-order valence-corrected chi connectivity index (χ3v) is 4.57. The predicted octanol–water partition coefficient (Wildman–Crippen LogP) is 3.59. The fraction of sp³-hybridized carbons (Fsp3) is 0.368. The molecular weight excluding hydrogens is 307 g/mol. The summed E-state index contributed by atoms with van der Waals surface area (Å²) in [6.45, 7) is 12.1. The molecule has 0 spiro atoms. The first kappa shape index (κ1) is 18.1. The number of hydrogen-bond donors (Lipinski definition) is 0. The molecule has 124 valence electrons. The molecule has 0 aliphatic rings. The van der Waals surface area contributed by atoms with E-state index in [1.54, 1.807) is 0 Å². The van der Waals surface area contributed by atoms with Crippen LogP contribution in [0.1, 0.15) is 50.6 Å². The third-order valence-electron chi connectivity index (χ3n) is 4.19. The van der Waals surface area contributed by atoms with Crippen LogP contribution in [0.2, 0.25) is 0 Å². The lowest BCUT2D eigenvalue weighted by molar-refractivity contribution is -0.320. The van der Waals surface area contributed by atoms with E-state index in [4.69, 9.17) is 4.52 Å². The summed E-state index contributed by atoms with van der Waals surface area (Å²) in [4.78, 5) is 22.7. The Kier molecular flexibility index (Phi) is 5.59.